The molecule has 2 aliphatic carbocycles. The number of hydrogen-bond acceptors (Lipinski definition) is 6. The Morgan fingerprint density at radius 2 is 1.95 bits per heavy atom. The van der Waals surface area contributed by atoms with Gasteiger partial charge in [0, 0.05) is 25.3 Å². The van der Waals surface area contributed by atoms with Crippen LogP contribution in [0.4, 0.5) is 5.95 Å². The van der Waals surface area contributed by atoms with Crippen molar-refractivity contribution in [1.29, 1.82) is 0 Å². The van der Waals surface area contributed by atoms with E-state index in [4.69, 9.17) is 0 Å². The summed E-state index contributed by atoms with van der Waals surface area (Å²) >= 11 is 0. The minimum Gasteiger partial charge on any atom is -0.510 e. The van der Waals surface area contributed by atoms with Crippen LogP contribution in [0.25, 0.3) is 0 Å². The standard InChI is InChI=1S/C14H19N5O2/c1-3-10-15-17-14(19(10)2)18-16-11-12(20)8-6-4-5-7-9(8)13(11)21/h8-9,20H,3-7H2,1-2H3. The maximum absolute atomic E-state index is 12.3. The van der Waals surface area contributed by atoms with Crippen molar-refractivity contribution in [2.24, 2.45) is 29.1 Å². The van der Waals surface area contributed by atoms with Crippen LogP contribution in [0, 0.1) is 11.8 Å². The molecule has 1 saturated carbocycles. The summed E-state index contributed by atoms with van der Waals surface area (Å²) in [6, 6.07) is 0. The number of aliphatic hydroxyl groups is 1. The van der Waals surface area contributed by atoms with Crippen LogP contribution in [-0.4, -0.2) is 25.7 Å². The molecule has 7 nitrogen and oxygen atoms in total. The molecule has 1 aromatic heterocycles. The van der Waals surface area contributed by atoms with Crippen LogP contribution in [0.2, 0.25) is 0 Å². The van der Waals surface area contributed by atoms with Gasteiger partial charge in [-0.25, -0.2) is 0 Å². The minimum atomic E-state index is -0.113. The summed E-state index contributed by atoms with van der Waals surface area (Å²) in [7, 11) is 1.80. The SMILES string of the molecule is CCc1nnc(N=NC2=C(O)C3CCCCC3C2=O)n1C. The highest BCUT2D eigenvalue weighted by Crippen LogP contribution is 2.43. The number of ketones is 1. The number of Topliss-reactive ketones (excluding diaryl/α,β-unsaturated/α-hetero) is 1. The molecule has 1 aromatic rings. The first-order valence-corrected chi connectivity index (χ1v) is 7.40. The van der Waals surface area contributed by atoms with Gasteiger partial charge in [-0.1, -0.05) is 19.8 Å². The topological polar surface area (TPSA) is 92.7 Å². The number of carbonyl (C=O) groups is 1. The van der Waals surface area contributed by atoms with Crippen molar-refractivity contribution in [1.82, 2.24) is 14.8 Å². The smallest absolute Gasteiger partial charge is 0.269 e. The van der Waals surface area contributed by atoms with Gasteiger partial charge in [-0.15, -0.1) is 20.4 Å². The van der Waals surface area contributed by atoms with Crippen LogP contribution in [0.1, 0.15) is 38.4 Å². The highest BCUT2D eigenvalue weighted by atomic mass is 16.3. The van der Waals surface area contributed by atoms with E-state index in [2.05, 4.69) is 20.4 Å². The van der Waals surface area contributed by atoms with Crippen molar-refractivity contribution in [2.75, 3.05) is 0 Å². The Morgan fingerprint density at radius 1 is 1.24 bits per heavy atom. The Kier molecular flexibility index (Phi) is 3.57. The number of allylic oxidation sites excluding steroid dienone is 2. The van der Waals surface area contributed by atoms with Gasteiger partial charge in [0.1, 0.15) is 11.6 Å². The fourth-order valence-corrected chi connectivity index (χ4v) is 3.19. The summed E-state index contributed by atoms with van der Waals surface area (Å²) < 4.78 is 1.73. The largest absolute Gasteiger partial charge is 0.510 e. The fraction of sp³-hybridized carbons (Fsp3) is 0.643. The molecule has 0 amide bonds. The Bertz CT molecular complexity index is 631. The zero-order valence-electron chi connectivity index (χ0n) is 12.3. The number of aromatic nitrogens is 3. The summed E-state index contributed by atoms with van der Waals surface area (Å²) in [5.41, 5.74) is 0.105. The number of azo groups is 1. The van der Waals surface area contributed by atoms with E-state index in [1.807, 2.05) is 6.92 Å². The molecule has 0 saturated heterocycles. The summed E-state index contributed by atoms with van der Waals surface area (Å²) in [4.78, 5) is 12.3. The van der Waals surface area contributed by atoms with Crippen molar-refractivity contribution in [3.05, 3.63) is 17.3 Å². The predicted octanol–water partition coefficient (Wildman–Crippen LogP) is 2.62. The number of nitrogens with zero attached hydrogens (tertiary/aromatic N) is 5. The molecule has 1 fully saturated rings. The highest BCUT2D eigenvalue weighted by Gasteiger charge is 2.43. The number of fused-ring (bicyclic) bond motifs is 1. The van der Waals surface area contributed by atoms with Crippen LogP contribution in [-0.2, 0) is 18.3 Å². The first-order valence-electron chi connectivity index (χ1n) is 7.40. The van der Waals surface area contributed by atoms with E-state index in [0.29, 0.717) is 5.95 Å². The molecule has 1 heterocycles. The van der Waals surface area contributed by atoms with Crippen molar-refractivity contribution < 1.29 is 9.90 Å². The van der Waals surface area contributed by atoms with E-state index in [1.54, 1.807) is 11.6 Å². The second-order valence-corrected chi connectivity index (χ2v) is 5.62. The predicted molar refractivity (Wildman–Crippen MR) is 75.0 cm³/mol. The van der Waals surface area contributed by atoms with E-state index in [9.17, 15) is 9.90 Å². The summed E-state index contributed by atoms with van der Waals surface area (Å²) in [6.07, 6.45) is 4.51. The van der Waals surface area contributed by atoms with Gasteiger partial charge in [-0.3, -0.25) is 9.36 Å². The molecule has 0 bridgehead atoms. The molecule has 0 aliphatic heterocycles. The summed E-state index contributed by atoms with van der Waals surface area (Å²) in [5, 5.41) is 26.1. The second kappa shape index (κ2) is 5.38. The molecule has 2 unspecified atom stereocenters. The van der Waals surface area contributed by atoms with Crippen LogP contribution >= 0.6 is 0 Å². The third-order valence-electron chi connectivity index (χ3n) is 4.43. The third kappa shape index (κ3) is 2.26. The molecule has 21 heavy (non-hydrogen) atoms. The van der Waals surface area contributed by atoms with Crippen molar-refractivity contribution in [3.63, 3.8) is 0 Å². The van der Waals surface area contributed by atoms with Gasteiger partial charge in [0.2, 0.25) is 0 Å². The van der Waals surface area contributed by atoms with Crippen LogP contribution in [0.5, 0.6) is 0 Å². The van der Waals surface area contributed by atoms with Crippen LogP contribution in [0.3, 0.4) is 0 Å². The second-order valence-electron chi connectivity index (χ2n) is 5.62. The fourth-order valence-electron chi connectivity index (χ4n) is 3.19. The maximum Gasteiger partial charge on any atom is 0.269 e. The first kappa shape index (κ1) is 13.9. The highest BCUT2D eigenvalue weighted by molar-refractivity contribution is 6.00. The molecule has 0 spiro atoms. The van der Waals surface area contributed by atoms with Crippen LogP contribution < -0.4 is 0 Å². The Hall–Kier alpha value is -2.05. The molecule has 112 valence electrons. The molecule has 2 aliphatic rings. The van der Waals surface area contributed by atoms with Gasteiger partial charge >= 0.3 is 0 Å². The Labute approximate surface area is 122 Å². The lowest BCUT2D eigenvalue weighted by Crippen LogP contribution is -2.21. The summed E-state index contributed by atoms with van der Waals surface area (Å²) in [5.74, 6) is 0.984. The van der Waals surface area contributed by atoms with Crippen molar-refractivity contribution >= 4 is 11.7 Å². The lowest BCUT2D eigenvalue weighted by atomic mass is 9.80. The van der Waals surface area contributed by atoms with E-state index < -0.39 is 0 Å². The normalized spacial score (nSPS) is 25.9. The van der Waals surface area contributed by atoms with Gasteiger partial charge in [0.25, 0.3) is 5.95 Å². The summed E-state index contributed by atoms with van der Waals surface area (Å²) in [6.45, 7) is 1.98. The number of aryl methyl sites for hydroxylation is 1. The van der Waals surface area contributed by atoms with E-state index in [-0.39, 0.29) is 29.1 Å². The first-order chi connectivity index (χ1) is 10.1. The van der Waals surface area contributed by atoms with Crippen molar-refractivity contribution in [2.45, 2.75) is 39.0 Å². The van der Waals surface area contributed by atoms with Crippen molar-refractivity contribution in [3.8, 4) is 0 Å². The van der Waals surface area contributed by atoms with Gasteiger partial charge in [0.05, 0.1) is 0 Å². The Morgan fingerprint density at radius 3 is 2.57 bits per heavy atom. The lowest BCUT2D eigenvalue weighted by Gasteiger charge is -2.23. The van der Waals surface area contributed by atoms with Crippen LogP contribution in [0.15, 0.2) is 21.7 Å². The molecule has 1 N–H and O–H groups in total. The van der Waals surface area contributed by atoms with Gasteiger partial charge in [-0.05, 0) is 12.8 Å². The lowest BCUT2D eigenvalue weighted by molar-refractivity contribution is -0.120. The van der Waals surface area contributed by atoms with Gasteiger partial charge in [-0.2, -0.15) is 0 Å². The number of hydrogen-bond donors (Lipinski definition) is 1. The minimum absolute atomic E-state index is 0.0640. The number of carbonyl (C=O) groups excluding carboxylic acids is 1. The monoisotopic (exact) mass is 289 g/mol. The quantitative estimate of drug-likeness (QED) is 0.865. The average molecular weight is 289 g/mol. The zero-order valence-corrected chi connectivity index (χ0v) is 12.3. The number of aliphatic hydroxyl groups excluding tert-OH is 1. The Balaban J connectivity index is 1.86. The van der Waals surface area contributed by atoms with Gasteiger partial charge in [0.15, 0.2) is 11.5 Å². The average Bonchev–Trinajstić information content (AvgIpc) is 2.97. The molecule has 7 heteroatoms. The molecular formula is C14H19N5O2. The molecule has 0 aromatic carbocycles. The van der Waals surface area contributed by atoms with E-state index >= 15 is 0 Å². The third-order valence-corrected chi connectivity index (χ3v) is 4.43. The molecule has 3 rings (SSSR count). The molecule has 0 radical (unpaired) electrons. The molecule has 2 atom stereocenters. The van der Waals surface area contributed by atoms with E-state index in [1.165, 1.54) is 0 Å². The number of rotatable bonds is 3. The van der Waals surface area contributed by atoms with Gasteiger partial charge < -0.3 is 5.11 Å². The van der Waals surface area contributed by atoms with E-state index in [0.717, 1.165) is 37.9 Å². The maximum atomic E-state index is 12.3. The zero-order chi connectivity index (χ0) is 15.0. The molecular weight excluding hydrogens is 270 g/mol.